The van der Waals surface area contributed by atoms with Gasteiger partial charge in [-0.3, -0.25) is 4.79 Å². The predicted octanol–water partition coefficient (Wildman–Crippen LogP) is 7.15. The molecule has 1 heterocycles. The van der Waals surface area contributed by atoms with Crippen LogP contribution in [0.2, 0.25) is 18.1 Å². The van der Waals surface area contributed by atoms with E-state index in [1.54, 1.807) is 43.3 Å². The normalized spacial score (nSPS) is 15.2. The number of alkyl halides is 3. The van der Waals surface area contributed by atoms with Crippen molar-refractivity contribution in [3.63, 3.8) is 0 Å². The number of nitrogens with one attached hydrogen (secondary N) is 1. The van der Waals surface area contributed by atoms with E-state index < -0.39 is 47.7 Å². The number of benzene rings is 1. The zero-order valence-corrected chi connectivity index (χ0v) is 27.6. The van der Waals surface area contributed by atoms with Crippen LogP contribution >= 0.6 is 28.1 Å². The van der Waals surface area contributed by atoms with Crippen LogP contribution < -0.4 is 9.91 Å². The van der Waals surface area contributed by atoms with E-state index in [9.17, 15) is 22.2 Å². The molecule has 0 fully saturated rings. The smallest absolute Gasteiger partial charge is 0.294 e. The van der Waals surface area contributed by atoms with Gasteiger partial charge < -0.3 is 0 Å². The van der Waals surface area contributed by atoms with Gasteiger partial charge in [-0.15, -0.1) is 0 Å². The zero-order valence-electron chi connectivity index (χ0n) is 23.3. The maximum absolute atomic E-state index is 16.6. The number of carbonyl (C=O) groups is 1. The fourth-order valence-corrected chi connectivity index (χ4v) is 11.6. The summed E-state index contributed by atoms with van der Waals surface area (Å²) in [6.07, 6.45) is -4.93. The minimum absolute atomic E-state index is 0.0520. The van der Waals surface area contributed by atoms with Crippen LogP contribution in [0, 0.1) is 5.82 Å². The van der Waals surface area contributed by atoms with Gasteiger partial charge in [0.1, 0.15) is 26.9 Å². The number of hydrogen-bond acceptors (Lipinski definition) is 5. The lowest BCUT2D eigenvalue weighted by atomic mass is 9.82. The van der Waals surface area contributed by atoms with Crippen molar-refractivity contribution >= 4 is 62.0 Å². The highest BCUT2D eigenvalue weighted by Gasteiger charge is 2.41. The summed E-state index contributed by atoms with van der Waals surface area (Å²) in [5.74, 6) is -1.30. The third kappa shape index (κ3) is 8.73. The topological polar surface area (TPSA) is 71.4 Å². The molecule has 0 radical (unpaired) electrons. The number of ketones is 1. The number of hydrogen-bond donors (Lipinski definition) is 1. The number of halogens is 5. The molecular formula is C27H36BrF4N3O2S2Si. The molecule has 13 heteroatoms. The number of rotatable bonds is 14. The van der Waals surface area contributed by atoms with Gasteiger partial charge in [0, 0.05) is 22.3 Å². The van der Waals surface area contributed by atoms with Crippen LogP contribution in [0.15, 0.2) is 45.4 Å². The average Bonchev–Trinajstić information content (AvgIpc) is 2.90. The summed E-state index contributed by atoms with van der Waals surface area (Å²) in [7, 11) is -4.73. The Morgan fingerprint density at radius 3 is 2.23 bits per heavy atom. The number of thiocarbonyl (C=S) groups is 1. The molecule has 0 bridgehead atoms. The van der Waals surface area contributed by atoms with E-state index in [2.05, 4.69) is 30.0 Å². The van der Waals surface area contributed by atoms with Crippen LogP contribution in [0.4, 0.5) is 17.6 Å². The van der Waals surface area contributed by atoms with E-state index in [1.165, 1.54) is 7.05 Å². The minimum atomic E-state index is -4.67. The van der Waals surface area contributed by atoms with Gasteiger partial charge in [0.25, 0.3) is 0 Å². The Hall–Kier alpha value is -1.54. The molecule has 2 atom stereocenters. The summed E-state index contributed by atoms with van der Waals surface area (Å²) in [6, 6.07) is 12.5. The van der Waals surface area contributed by atoms with Crippen LogP contribution in [0.3, 0.4) is 0 Å². The van der Waals surface area contributed by atoms with Crippen molar-refractivity contribution in [2.75, 3.05) is 19.3 Å². The second-order valence-corrected chi connectivity index (χ2v) is 19.0. The third-order valence-electron chi connectivity index (χ3n) is 7.43. The van der Waals surface area contributed by atoms with Gasteiger partial charge in [0.2, 0.25) is 0 Å². The molecule has 1 aromatic carbocycles. The molecule has 0 aliphatic rings. The van der Waals surface area contributed by atoms with Crippen LogP contribution in [0.25, 0.3) is 0 Å². The fourth-order valence-electron chi connectivity index (χ4n) is 5.00. The van der Waals surface area contributed by atoms with Gasteiger partial charge in [0.05, 0.1) is 19.5 Å². The number of pyridine rings is 1. The molecule has 0 spiro atoms. The lowest BCUT2D eigenvalue weighted by molar-refractivity contribution is -0.117. The first-order chi connectivity index (χ1) is 18.6. The van der Waals surface area contributed by atoms with Crippen LogP contribution in [-0.4, -0.2) is 53.4 Å². The van der Waals surface area contributed by atoms with Gasteiger partial charge in [-0.1, -0.05) is 88.4 Å². The Morgan fingerprint density at radius 1 is 1.15 bits per heavy atom. The van der Waals surface area contributed by atoms with Crippen molar-refractivity contribution in [3.8, 4) is 0 Å². The summed E-state index contributed by atoms with van der Waals surface area (Å²) in [5.41, 5.74) is -1.05. The van der Waals surface area contributed by atoms with E-state index in [0.717, 1.165) is 18.1 Å². The SMILES string of the molecule is CC[Si](CC)(CC)c1cc(Br)nc([C@@](C)(CC(=S)CC(=O)c2ccccc2)CS(=O)(=NCC(F)(F)F)NC)c1F. The Balaban J connectivity index is 2.70. The molecule has 2 rings (SSSR count). The highest BCUT2D eigenvalue weighted by molar-refractivity contribution is 9.10. The fraction of sp³-hybridized carbons (Fsp3) is 0.519. The lowest BCUT2D eigenvalue weighted by Gasteiger charge is -2.34. The van der Waals surface area contributed by atoms with Crippen molar-refractivity contribution < 1.29 is 26.6 Å². The van der Waals surface area contributed by atoms with E-state index in [0.29, 0.717) is 15.4 Å². The van der Waals surface area contributed by atoms with E-state index in [-0.39, 0.29) is 29.2 Å². The number of carbonyl (C=O) groups excluding carboxylic acids is 1. The third-order valence-corrected chi connectivity index (χ3v) is 15.9. The van der Waals surface area contributed by atoms with Crippen LogP contribution in [-0.2, 0) is 15.3 Å². The monoisotopic (exact) mass is 681 g/mol. The predicted molar refractivity (Wildman–Crippen MR) is 164 cm³/mol. The maximum Gasteiger partial charge on any atom is 0.408 e. The first-order valence-electron chi connectivity index (χ1n) is 13.0. The minimum Gasteiger partial charge on any atom is -0.294 e. The molecule has 0 aliphatic heterocycles. The Morgan fingerprint density at radius 2 is 1.73 bits per heavy atom. The first kappa shape index (κ1) is 34.7. The zero-order chi connectivity index (χ0) is 30.4. The standard InChI is InChI=1S/C27H36BrF4N3O2S2Si/c1-6-40(7-2,8-3)22-15-23(28)35-25(24(22)29)26(4,18-39(37,33-5)34-17-27(30,31)32)16-20(38)14-21(36)19-12-10-9-11-13-19/h9-13,15H,6-8,14,16-18H2,1-5H3,(H,33,34,37)/t26-,39?/m0/s1. The van der Waals surface area contributed by atoms with Gasteiger partial charge in [-0.2, -0.15) is 13.2 Å². The summed E-state index contributed by atoms with van der Waals surface area (Å²) >= 11 is 8.99. The quantitative estimate of drug-likeness (QED) is 0.0756. The molecule has 0 saturated heterocycles. The van der Waals surface area contributed by atoms with Crippen molar-refractivity contribution in [1.29, 1.82) is 0 Å². The highest BCUT2D eigenvalue weighted by Crippen LogP contribution is 2.34. The Kier molecular flexibility index (Phi) is 12.2. The largest absolute Gasteiger partial charge is 0.408 e. The Bertz CT molecular complexity index is 1320. The van der Waals surface area contributed by atoms with Crippen molar-refractivity contribution in [2.45, 2.75) is 70.3 Å². The van der Waals surface area contributed by atoms with Crippen molar-refractivity contribution in [2.24, 2.45) is 4.36 Å². The highest BCUT2D eigenvalue weighted by atomic mass is 79.9. The van der Waals surface area contributed by atoms with Crippen molar-refractivity contribution in [1.82, 2.24) is 9.71 Å². The molecule has 1 aromatic heterocycles. The number of nitrogens with zero attached hydrogens (tertiary/aromatic N) is 2. The second-order valence-electron chi connectivity index (χ2n) is 10.1. The van der Waals surface area contributed by atoms with Crippen LogP contribution in [0.5, 0.6) is 0 Å². The molecule has 40 heavy (non-hydrogen) atoms. The molecule has 1 N–H and O–H groups in total. The average molecular weight is 683 g/mol. The first-order valence-corrected chi connectivity index (χ1v) is 18.5. The van der Waals surface area contributed by atoms with E-state index in [1.807, 2.05) is 20.8 Å². The number of aromatic nitrogens is 1. The van der Waals surface area contributed by atoms with E-state index in [4.69, 9.17) is 12.2 Å². The molecular weight excluding hydrogens is 646 g/mol. The van der Waals surface area contributed by atoms with Gasteiger partial charge in [-0.25, -0.2) is 22.7 Å². The van der Waals surface area contributed by atoms with Gasteiger partial charge in [0.15, 0.2) is 5.78 Å². The summed E-state index contributed by atoms with van der Waals surface area (Å²) in [6.45, 7) is 6.03. The molecule has 2 aromatic rings. The number of Topliss-reactive ketones (excluding diaryl/α,β-unsaturated/α-hetero) is 1. The molecule has 222 valence electrons. The van der Waals surface area contributed by atoms with E-state index >= 15 is 4.39 Å². The van der Waals surface area contributed by atoms with Crippen LogP contribution in [0.1, 0.15) is 56.6 Å². The summed E-state index contributed by atoms with van der Waals surface area (Å²) < 4.78 is 75.5. The van der Waals surface area contributed by atoms with Gasteiger partial charge in [-0.05, 0) is 40.7 Å². The van der Waals surface area contributed by atoms with Gasteiger partial charge >= 0.3 is 6.18 Å². The molecule has 0 amide bonds. The summed E-state index contributed by atoms with van der Waals surface area (Å²) in [5, 5.41) is 0.553. The Labute approximate surface area is 249 Å². The second kappa shape index (κ2) is 14.1. The molecule has 0 aliphatic carbocycles. The molecule has 1 unspecified atom stereocenters. The molecule has 5 nitrogen and oxygen atoms in total. The lowest BCUT2D eigenvalue weighted by Crippen LogP contribution is -2.50. The molecule has 0 saturated carbocycles. The maximum atomic E-state index is 16.6. The van der Waals surface area contributed by atoms with Crippen molar-refractivity contribution in [3.05, 3.63) is 58.1 Å². The summed E-state index contributed by atoms with van der Waals surface area (Å²) in [4.78, 5) is 17.6.